The Kier molecular flexibility index (Phi) is 7.87. The summed E-state index contributed by atoms with van der Waals surface area (Å²) in [6.07, 6.45) is 5.23. The maximum absolute atomic E-state index is 13.0. The molecule has 2 aromatic heterocycles. The number of H-pyrrole nitrogens is 1. The lowest BCUT2D eigenvalue weighted by Gasteiger charge is -2.14. The summed E-state index contributed by atoms with van der Waals surface area (Å²) in [5, 5.41) is 10.5. The summed E-state index contributed by atoms with van der Waals surface area (Å²) >= 11 is 5.95. The molecule has 8 heteroatoms. The summed E-state index contributed by atoms with van der Waals surface area (Å²) in [5.41, 5.74) is 0.798. The molecule has 0 radical (unpaired) electrons. The SMILES string of the molecule is CCCCCn1c(=O)n(CC(O)CCCCc2ccccc2)c(=O)c2[nH]c(Cl)nc21. The van der Waals surface area contributed by atoms with Gasteiger partial charge in [-0.05, 0) is 42.8 Å². The van der Waals surface area contributed by atoms with Crippen molar-refractivity contribution in [2.75, 3.05) is 0 Å². The summed E-state index contributed by atoms with van der Waals surface area (Å²) in [6.45, 7) is 2.50. The number of nitrogens with zero attached hydrogens (tertiary/aromatic N) is 3. The molecule has 30 heavy (non-hydrogen) atoms. The zero-order chi connectivity index (χ0) is 21.5. The molecule has 3 rings (SSSR count). The highest BCUT2D eigenvalue weighted by Gasteiger charge is 2.18. The smallest absolute Gasteiger partial charge is 0.332 e. The maximum atomic E-state index is 13.0. The minimum Gasteiger partial charge on any atom is -0.391 e. The fourth-order valence-corrected chi connectivity index (χ4v) is 3.85. The van der Waals surface area contributed by atoms with E-state index < -0.39 is 17.4 Å². The Balaban J connectivity index is 1.71. The van der Waals surface area contributed by atoms with Crippen molar-refractivity contribution in [3.8, 4) is 0 Å². The monoisotopic (exact) mass is 432 g/mol. The lowest BCUT2D eigenvalue weighted by Crippen LogP contribution is -2.42. The lowest BCUT2D eigenvalue weighted by atomic mass is 10.1. The number of nitrogens with one attached hydrogen (secondary N) is 1. The lowest BCUT2D eigenvalue weighted by molar-refractivity contribution is 0.137. The number of aliphatic hydroxyl groups is 1. The standard InChI is InChI=1S/C22H29ClN4O3/c1-2-3-9-14-26-19-18(24-21(23)25-19)20(29)27(22(26)30)15-17(28)13-8-7-12-16-10-5-4-6-11-16/h4-6,10-11,17,28H,2-3,7-9,12-15H2,1H3,(H,24,25). The molecule has 2 N–H and O–H groups in total. The number of aliphatic hydroxyl groups excluding tert-OH is 1. The van der Waals surface area contributed by atoms with E-state index in [4.69, 9.17) is 11.6 Å². The van der Waals surface area contributed by atoms with Crippen molar-refractivity contribution in [1.29, 1.82) is 0 Å². The predicted octanol–water partition coefficient (Wildman–Crippen LogP) is 3.50. The summed E-state index contributed by atoms with van der Waals surface area (Å²) < 4.78 is 2.58. The van der Waals surface area contributed by atoms with Crippen LogP contribution in [0.2, 0.25) is 5.28 Å². The van der Waals surface area contributed by atoms with Crippen molar-refractivity contribution in [2.45, 2.75) is 71.1 Å². The van der Waals surface area contributed by atoms with Crippen LogP contribution in [0.5, 0.6) is 0 Å². The van der Waals surface area contributed by atoms with E-state index in [-0.39, 0.29) is 23.0 Å². The first-order chi connectivity index (χ1) is 14.5. The van der Waals surface area contributed by atoms with Gasteiger partial charge in [0.05, 0.1) is 12.6 Å². The molecule has 0 bridgehead atoms. The number of fused-ring (bicyclic) bond motifs is 1. The van der Waals surface area contributed by atoms with Gasteiger partial charge in [0, 0.05) is 6.54 Å². The third-order valence-electron chi connectivity index (χ3n) is 5.31. The molecule has 0 saturated heterocycles. The quantitative estimate of drug-likeness (QED) is 0.358. The second kappa shape index (κ2) is 10.6. The summed E-state index contributed by atoms with van der Waals surface area (Å²) in [6, 6.07) is 10.2. The van der Waals surface area contributed by atoms with Gasteiger partial charge < -0.3 is 10.1 Å². The number of hydrogen-bond acceptors (Lipinski definition) is 4. The zero-order valence-electron chi connectivity index (χ0n) is 17.3. The number of imidazole rings is 1. The highest BCUT2D eigenvalue weighted by atomic mass is 35.5. The highest BCUT2D eigenvalue weighted by Crippen LogP contribution is 2.12. The van der Waals surface area contributed by atoms with Crippen LogP contribution < -0.4 is 11.2 Å². The van der Waals surface area contributed by atoms with Gasteiger partial charge in [0.25, 0.3) is 5.56 Å². The van der Waals surface area contributed by atoms with E-state index in [0.29, 0.717) is 13.0 Å². The van der Waals surface area contributed by atoms with Crippen LogP contribution in [0.4, 0.5) is 0 Å². The van der Waals surface area contributed by atoms with Crippen LogP contribution in [-0.2, 0) is 19.5 Å². The van der Waals surface area contributed by atoms with Crippen LogP contribution in [0.25, 0.3) is 11.2 Å². The fourth-order valence-electron chi connectivity index (χ4n) is 3.68. The Hall–Kier alpha value is -2.38. The Labute approximate surface area is 180 Å². The number of halogens is 1. The van der Waals surface area contributed by atoms with Crippen molar-refractivity contribution in [3.05, 3.63) is 62.0 Å². The second-order valence-corrected chi connectivity index (χ2v) is 8.03. The van der Waals surface area contributed by atoms with E-state index in [2.05, 4.69) is 29.0 Å². The molecule has 1 atom stereocenters. The van der Waals surface area contributed by atoms with Crippen LogP contribution in [0, 0.1) is 0 Å². The molecule has 1 unspecified atom stereocenters. The van der Waals surface area contributed by atoms with Crippen LogP contribution in [0.15, 0.2) is 39.9 Å². The molecule has 0 spiro atoms. The Bertz CT molecular complexity index is 1070. The van der Waals surface area contributed by atoms with Gasteiger partial charge in [-0.15, -0.1) is 0 Å². The average Bonchev–Trinajstić information content (AvgIpc) is 3.13. The number of rotatable bonds is 11. The first kappa shape index (κ1) is 22.3. The molecule has 0 fully saturated rings. The van der Waals surface area contributed by atoms with Gasteiger partial charge >= 0.3 is 5.69 Å². The maximum Gasteiger partial charge on any atom is 0.332 e. The van der Waals surface area contributed by atoms with Gasteiger partial charge in [0.15, 0.2) is 11.2 Å². The Morgan fingerprint density at radius 3 is 2.60 bits per heavy atom. The highest BCUT2D eigenvalue weighted by molar-refractivity contribution is 6.28. The predicted molar refractivity (Wildman–Crippen MR) is 119 cm³/mol. The second-order valence-electron chi connectivity index (χ2n) is 7.67. The molecule has 0 saturated carbocycles. The molecule has 0 aliphatic rings. The molecule has 2 heterocycles. The number of aromatic nitrogens is 4. The first-order valence-electron chi connectivity index (χ1n) is 10.6. The minimum absolute atomic E-state index is 0.0383. The van der Waals surface area contributed by atoms with Gasteiger partial charge in [-0.2, -0.15) is 4.98 Å². The van der Waals surface area contributed by atoms with Crippen molar-refractivity contribution in [1.82, 2.24) is 19.1 Å². The number of unbranched alkanes of at least 4 members (excludes halogenated alkanes) is 3. The van der Waals surface area contributed by atoms with E-state index in [9.17, 15) is 14.7 Å². The van der Waals surface area contributed by atoms with E-state index in [0.717, 1.165) is 43.1 Å². The molecule has 1 aromatic carbocycles. The van der Waals surface area contributed by atoms with Crippen LogP contribution in [-0.4, -0.2) is 30.3 Å². The minimum atomic E-state index is -0.772. The number of aryl methyl sites for hydroxylation is 2. The largest absolute Gasteiger partial charge is 0.391 e. The average molecular weight is 433 g/mol. The molecular weight excluding hydrogens is 404 g/mol. The summed E-state index contributed by atoms with van der Waals surface area (Å²) in [7, 11) is 0. The van der Waals surface area contributed by atoms with E-state index in [1.165, 1.54) is 10.1 Å². The molecule has 7 nitrogen and oxygen atoms in total. The fraction of sp³-hybridized carbons (Fsp3) is 0.500. The molecule has 0 aliphatic heterocycles. The van der Waals surface area contributed by atoms with E-state index in [1.807, 2.05) is 18.2 Å². The number of aromatic amines is 1. The topological polar surface area (TPSA) is 92.9 Å². The number of benzene rings is 1. The van der Waals surface area contributed by atoms with Gasteiger partial charge in [-0.3, -0.25) is 13.9 Å². The van der Waals surface area contributed by atoms with Crippen molar-refractivity contribution < 1.29 is 5.11 Å². The normalized spacial score (nSPS) is 12.5. The van der Waals surface area contributed by atoms with Crippen LogP contribution >= 0.6 is 11.6 Å². The third kappa shape index (κ3) is 5.40. The molecule has 3 aromatic rings. The molecule has 0 amide bonds. The molecule has 162 valence electrons. The molecule has 0 aliphatic carbocycles. The summed E-state index contributed by atoms with van der Waals surface area (Å²) in [4.78, 5) is 32.6. The van der Waals surface area contributed by atoms with Crippen molar-refractivity contribution in [3.63, 3.8) is 0 Å². The van der Waals surface area contributed by atoms with Gasteiger partial charge in [0.2, 0.25) is 5.28 Å². The Morgan fingerprint density at radius 2 is 1.87 bits per heavy atom. The van der Waals surface area contributed by atoms with Crippen molar-refractivity contribution >= 4 is 22.8 Å². The van der Waals surface area contributed by atoms with E-state index >= 15 is 0 Å². The zero-order valence-corrected chi connectivity index (χ0v) is 18.1. The summed E-state index contributed by atoms with van der Waals surface area (Å²) in [5.74, 6) is 0. The van der Waals surface area contributed by atoms with Gasteiger partial charge in [-0.1, -0.05) is 56.5 Å². The first-order valence-corrected chi connectivity index (χ1v) is 11.0. The number of hydrogen-bond donors (Lipinski definition) is 2. The third-order valence-corrected chi connectivity index (χ3v) is 5.49. The van der Waals surface area contributed by atoms with Crippen LogP contribution in [0.1, 0.15) is 51.0 Å². The van der Waals surface area contributed by atoms with Crippen LogP contribution in [0.3, 0.4) is 0 Å². The van der Waals surface area contributed by atoms with Gasteiger partial charge in [0.1, 0.15) is 0 Å². The van der Waals surface area contributed by atoms with E-state index in [1.54, 1.807) is 0 Å². The van der Waals surface area contributed by atoms with Crippen molar-refractivity contribution in [2.24, 2.45) is 0 Å². The molecular formula is C22H29ClN4O3. The van der Waals surface area contributed by atoms with Gasteiger partial charge in [-0.25, -0.2) is 4.79 Å². The Morgan fingerprint density at radius 1 is 1.10 bits per heavy atom.